The Kier molecular flexibility index (Phi) is 6.42. The van der Waals surface area contributed by atoms with Gasteiger partial charge in [-0.1, -0.05) is 64.8 Å². The second-order valence-electron chi connectivity index (χ2n) is 6.02. The molecule has 0 fully saturated rings. The third kappa shape index (κ3) is 5.03. The molecule has 0 atom stereocenters. The Morgan fingerprint density at radius 2 is 2.00 bits per heavy atom. The van der Waals surface area contributed by atoms with E-state index >= 15 is 0 Å². The number of rotatable bonds is 6. The van der Waals surface area contributed by atoms with Gasteiger partial charge in [-0.25, -0.2) is 0 Å². The highest BCUT2D eigenvalue weighted by atomic mass is 35.5. The highest BCUT2D eigenvalue weighted by molar-refractivity contribution is 7.98. The molecule has 27 heavy (non-hydrogen) atoms. The SMILES string of the molecule is CC(=O)NCc1nnc(SCc2cccc(C)c2)n1-c1cc(Cl)ccc1Cl. The van der Waals surface area contributed by atoms with Gasteiger partial charge in [0.05, 0.1) is 17.3 Å². The predicted molar refractivity (Wildman–Crippen MR) is 110 cm³/mol. The first-order valence-corrected chi connectivity index (χ1v) is 10.0. The Labute approximate surface area is 172 Å². The minimum absolute atomic E-state index is 0.143. The number of hydrogen-bond acceptors (Lipinski definition) is 4. The standard InChI is InChI=1S/C19H18Cl2N4OS/c1-12-4-3-5-14(8-12)11-27-19-24-23-18(10-22-13(2)26)25(19)17-9-15(20)6-7-16(17)21/h3-9H,10-11H2,1-2H3,(H,22,26). The van der Waals surface area contributed by atoms with E-state index in [2.05, 4.69) is 40.6 Å². The van der Waals surface area contributed by atoms with Crippen molar-refractivity contribution in [2.45, 2.75) is 31.3 Å². The van der Waals surface area contributed by atoms with Gasteiger partial charge in [0.1, 0.15) is 0 Å². The summed E-state index contributed by atoms with van der Waals surface area (Å²) < 4.78 is 1.84. The van der Waals surface area contributed by atoms with Crippen LogP contribution in [0, 0.1) is 6.92 Å². The van der Waals surface area contributed by atoms with Gasteiger partial charge >= 0.3 is 0 Å². The van der Waals surface area contributed by atoms with Crippen molar-refractivity contribution in [3.63, 3.8) is 0 Å². The summed E-state index contributed by atoms with van der Waals surface area (Å²) in [4.78, 5) is 11.3. The van der Waals surface area contributed by atoms with E-state index in [0.717, 1.165) is 5.75 Å². The third-order valence-electron chi connectivity index (χ3n) is 3.80. The molecule has 0 bridgehead atoms. The number of halogens is 2. The van der Waals surface area contributed by atoms with Gasteiger partial charge in [-0.2, -0.15) is 0 Å². The number of carbonyl (C=O) groups is 1. The van der Waals surface area contributed by atoms with Gasteiger partial charge in [0.15, 0.2) is 11.0 Å². The number of benzene rings is 2. The number of amides is 1. The van der Waals surface area contributed by atoms with Crippen molar-refractivity contribution in [3.8, 4) is 5.69 Å². The lowest BCUT2D eigenvalue weighted by Crippen LogP contribution is -2.21. The molecule has 0 aliphatic rings. The minimum Gasteiger partial charge on any atom is -0.349 e. The summed E-state index contributed by atoms with van der Waals surface area (Å²) in [6.45, 7) is 3.77. The van der Waals surface area contributed by atoms with Crippen LogP contribution in [0.2, 0.25) is 10.0 Å². The van der Waals surface area contributed by atoms with E-state index in [-0.39, 0.29) is 12.5 Å². The number of hydrogen-bond donors (Lipinski definition) is 1. The quantitative estimate of drug-likeness (QED) is 0.581. The maximum atomic E-state index is 11.3. The van der Waals surface area contributed by atoms with E-state index in [1.54, 1.807) is 30.0 Å². The molecule has 0 aliphatic carbocycles. The zero-order chi connectivity index (χ0) is 19.4. The second-order valence-corrected chi connectivity index (χ2v) is 7.80. The average Bonchev–Trinajstić information content (AvgIpc) is 3.03. The summed E-state index contributed by atoms with van der Waals surface area (Å²) in [5.41, 5.74) is 3.08. The van der Waals surface area contributed by atoms with Crippen molar-refractivity contribution in [2.75, 3.05) is 0 Å². The molecule has 3 aromatic rings. The molecule has 140 valence electrons. The van der Waals surface area contributed by atoms with Crippen molar-refractivity contribution >= 4 is 40.9 Å². The van der Waals surface area contributed by atoms with E-state index in [9.17, 15) is 4.79 Å². The van der Waals surface area contributed by atoms with Crippen LogP contribution < -0.4 is 5.32 Å². The highest BCUT2D eigenvalue weighted by Crippen LogP contribution is 2.31. The van der Waals surface area contributed by atoms with Crippen LogP contribution in [0.1, 0.15) is 23.9 Å². The minimum atomic E-state index is -0.143. The molecule has 0 aliphatic heterocycles. The van der Waals surface area contributed by atoms with E-state index in [1.807, 2.05) is 10.6 Å². The van der Waals surface area contributed by atoms with E-state index < -0.39 is 0 Å². The molecule has 1 N–H and O–H groups in total. The van der Waals surface area contributed by atoms with Crippen molar-refractivity contribution in [1.29, 1.82) is 0 Å². The maximum absolute atomic E-state index is 11.3. The number of carbonyl (C=O) groups excluding carboxylic acids is 1. The fraction of sp³-hybridized carbons (Fsp3) is 0.211. The maximum Gasteiger partial charge on any atom is 0.217 e. The van der Waals surface area contributed by atoms with E-state index in [1.165, 1.54) is 18.1 Å². The molecule has 0 spiro atoms. The molecular formula is C19H18Cl2N4OS. The summed E-state index contributed by atoms with van der Waals surface area (Å²) >= 11 is 14.1. The first-order valence-electron chi connectivity index (χ1n) is 8.26. The molecule has 1 heterocycles. The number of aromatic nitrogens is 3. The highest BCUT2D eigenvalue weighted by Gasteiger charge is 2.17. The van der Waals surface area contributed by atoms with Crippen LogP contribution >= 0.6 is 35.0 Å². The number of thioether (sulfide) groups is 1. The van der Waals surface area contributed by atoms with Gasteiger partial charge in [0, 0.05) is 17.7 Å². The summed E-state index contributed by atoms with van der Waals surface area (Å²) in [6.07, 6.45) is 0. The smallest absolute Gasteiger partial charge is 0.217 e. The Balaban J connectivity index is 1.95. The molecule has 2 aromatic carbocycles. The monoisotopic (exact) mass is 420 g/mol. The topological polar surface area (TPSA) is 59.8 Å². The molecule has 5 nitrogen and oxygen atoms in total. The summed E-state index contributed by atoms with van der Waals surface area (Å²) in [5, 5.41) is 13.1. The normalized spacial score (nSPS) is 10.8. The van der Waals surface area contributed by atoms with Crippen molar-refractivity contribution in [1.82, 2.24) is 20.1 Å². The summed E-state index contributed by atoms with van der Waals surface area (Å²) in [5.74, 6) is 1.18. The predicted octanol–water partition coefficient (Wildman–Crippen LogP) is 4.81. The van der Waals surface area contributed by atoms with Gasteiger partial charge in [-0.15, -0.1) is 10.2 Å². The Morgan fingerprint density at radius 3 is 2.74 bits per heavy atom. The fourth-order valence-corrected chi connectivity index (χ4v) is 3.84. The Bertz CT molecular complexity index is 974. The lowest BCUT2D eigenvalue weighted by Gasteiger charge is -2.12. The third-order valence-corrected chi connectivity index (χ3v) is 5.35. The van der Waals surface area contributed by atoms with Crippen LogP contribution in [-0.2, 0) is 17.1 Å². The first-order chi connectivity index (χ1) is 12.9. The van der Waals surface area contributed by atoms with E-state index in [0.29, 0.717) is 26.7 Å². The molecule has 0 saturated heterocycles. The lowest BCUT2D eigenvalue weighted by atomic mass is 10.2. The first kappa shape index (κ1) is 19.7. The lowest BCUT2D eigenvalue weighted by molar-refractivity contribution is -0.119. The van der Waals surface area contributed by atoms with Crippen molar-refractivity contribution in [3.05, 3.63) is 69.5 Å². The van der Waals surface area contributed by atoms with Crippen LogP contribution in [0.5, 0.6) is 0 Å². The Morgan fingerprint density at radius 1 is 1.19 bits per heavy atom. The molecule has 0 saturated carbocycles. The van der Waals surface area contributed by atoms with Crippen LogP contribution in [0.4, 0.5) is 0 Å². The molecule has 3 rings (SSSR count). The van der Waals surface area contributed by atoms with Gasteiger partial charge in [-0.3, -0.25) is 9.36 Å². The van der Waals surface area contributed by atoms with Gasteiger partial charge in [0.2, 0.25) is 5.91 Å². The van der Waals surface area contributed by atoms with Gasteiger partial charge in [-0.05, 0) is 30.7 Å². The molecule has 8 heteroatoms. The van der Waals surface area contributed by atoms with Crippen LogP contribution in [0.15, 0.2) is 47.6 Å². The van der Waals surface area contributed by atoms with Crippen LogP contribution in [0.25, 0.3) is 5.69 Å². The van der Waals surface area contributed by atoms with Gasteiger partial charge < -0.3 is 5.32 Å². The van der Waals surface area contributed by atoms with E-state index in [4.69, 9.17) is 23.2 Å². The zero-order valence-electron chi connectivity index (χ0n) is 14.9. The average molecular weight is 421 g/mol. The summed E-state index contributed by atoms with van der Waals surface area (Å²) in [6, 6.07) is 13.5. The molecule has 1 amide bonds. The van der Waals surface area contributed by atoms with Crippen molar-refractivity contribution < 1.29 is 4.79 Å². The zero-order valence-corrected chi connectivity index (χ0v) is 17.2. The van der Waals surface area contributed by atoms with Gasteiger partial charge in [0.25, 0.3) is 0 Å². The molecule has 0 radical (unpaired) electrons. The summed E-state index contributed by atoms with van der Waals surface area (Å²) in [7, 11) is 0. The largest absolute Gasteiger partial charge is 0.349 e. The van der Waals surface area contributed by atoms with Crippen LogP contribution in [0.3, 0.4) is 0 Å². The Hall–Kier alpha value is -2.02. The number of nitrogens with one attached hydrogen (secondary N) is 1. The molecule has 1 aromatic heterocycles. The number of aryl methyl sites for hydroxylation is 1. The van der Waals surface area contributed by atoms with Crippen LogP contribution in [-0.4, -0.2) is 20.7 Å². The number of nitrogens with zero attached hydrogens (tertiary/aromatic N) is 3. The fourth-order valence-electron chi connectivity index (χ4n) is 2.56. The molecule has 0 unspecified atom stereocenters. The molecular weight excluding hydrogens is 403 g/mol. The van der Waals surface area contributed by atoms with Crippen molar-refractivity contribution in [2.24, 2.45) is 0 Å². The second kappa shape index (κ2) is 8.78.